The fourth-order valence-electron chi connectivity index (χ4n) is 2.69. The number of ether oxygens (including phenoxy) is 2. The van der Waals surface area contributed by atoms with Crippen LogP contribution in [0, 0.1) is 5.82 Å². The van der Waals surface area contributed by atoms with Gasteiger partial charge in [-0.1, -0.05) is 31.5 Å². The first-order chi connectivity index (χ1) is 13.6. The average Bonchev–Trinajstić information content (AvgIpc) is 2.72. The molecule has 0 spiro atoms. The van der Waals surface area contributed by atoms with Gasteiger partial charge in [-0.3, -0.25) is 0 Å². The number of carbonyl (C=O) groups excluding carboxylic acids is 2. The lowest BCUT2D eigenvalue weighted by Gasteiger charge is -2.10. The molecular formula is C22H20FNO4. The van der Waals surface area contributed by atoms with Crippen LogP contribution in [0.25, 0.3) is 22.2 Å². The van der Waals surface area contributed by atoms with E-state index in [1.54, 1.807) is 36.4 Å². The van der Waals surface area contributed by atoms with Crippen molar-refractivity contribution in [2.45, 2.75) is 19.8 Å². The molecule has 3 aromatic rings. The highest BCUT2D eigenvalue weighted by Crippen LogP contribution is 2.25. The van der Waals surface area contributed by atoms with Crippen molar-refractivity contribution in [1.82, 2.24) is 4.98 Å². The second kappa shape index (κ2) is 9.08. The first kappa shape index (κ1) is 19.5. The van der Waals surface area contributed by atoms with Gasteiger partial charge in [0.1, 0.15) is 5.82 Å². The van der Waals surface area contributed by atoms with E-state index in [2.05, 4.69) is 4.98 Å². The minimum atomic E-state index is -0.644. The maximum Gasteiger partial charge on any atom is 0.344 e. The van der Waals surface area contributed by atoms with Gasteiger partial charge in [0.2, 0.25) is 0 Å². The zero-order chi connectivity index (χ0) is 19.9. The van der Waals surface area contributed by atoms with Crippen LogP contribution in [-0.2, 0) is 14.3 Å². The Morgan fingerprint density at radius 3 is 2.54 bits per heavy atom. The molecule has 3 rings (SSSR count). The van der Waals surface area contributed by atoms with E-state index in [4.69, 9.17) is 9.47 Å². The number of carbonyl (C=O) groups is 2. The Balaban J connectivity index is 1.85. The van der Waals surface area contributed by atoms with Gasteiger partial charge in [-0.05, 0) is 42.8 Å². The Morgan fingerprint density at radius 2 is 1.79 bits per heavy atom. The van der Waals surface area contributed by atoms with Crippen LogP contribution < -0.4 is 0 Å². The molecule has 28 heavy (non-hydrogen) atoms. The molecule has 0 fully saturated rings. The van der Waals surface area contributed by atoms with Crippen LogP contribution in [0.5, 0.6) is 0 Å². The lowest BCUT2D eigenvalue weighted by atomic mass is 10.0. The molecule has 1 aromatic heterocycles. The van der Waals surface area contributed by atoms with Crippen LogP contribution in [0.4, 0.5) is 4.39 Å². The molecule has 0 radical (unpaired) electrons. The number of unbranched alkanes of at least 4 members (excludes halogenated alkanes) is 1. The van der Waals surface area contributed by atoms with Crippen molar-refractivity contribution in [2.75, 3.05) is 13.2 Å². The van der Waals surface area contributed by atoms with Crippen LogP contribution >= 0.6 is 0 Å². The average molecular weight is 381 g/mol. The first-order valence-corrected chi connectivity index (χ1v) is 9.07. The molecule has 0 atom stereocenters. The Bertz CT molecular complexity index is 985. The van der Waals surface area contributed by atoms with E-state index in [0.29, 0.717) is 28.8 Å². The van der Waals surface area contributed by atoms with Crippen LogP contribution in [-0.4, -0.2) is 30.1 Å². The minimum absolute atomic E-state index is 0.284. The highest BCUT2D eigenvalue weighted by atomic mass is 19.1. The maximum absolute atomic E-state index is 13.2. The third-order valence-electron chi connectivity index (χ3n) is 4.16. The quantitative estimate of drug-likeness (QED) is 0.444. The Labute approximate surface area is 162 Å². The van der Waals surface area contributed by atoms with E-state index < -0.39 is 18.5 Å². The lowest BCUT2D eigenvalue weighted by molar-refractivity contribution is -0.147. The van der Waals surface area contributed by atoms with Gasteiger partial charge in [0.25, 0.3) is 0 Å². The second-order valence-electron chi connectivity index (χ2n) is 6.23. The molecule has 0 N–H and O–H groups in total. The molecule has 5 nitrogen and oxygen atoms in total. The van der Waals surface area contributed by atoms with Gasteiger partial charge in [-0.15, -0.1) is 0 Å². The predicted octanol–water partition coefficient (Wildman–Crippen LogP) is 4.54. The number of hydrogen-bond donors (Lipinski definition) is 0. The monoisotopic (exact) mass is 381 g/mol. The third kappa shape index (κ3) is 4.71. The summed E-state index contributed by atoms with van der Waals surface area (Å²) in [5.74, 6) is -1.58. The Morgan fingerprint density at radius 1 is 1.04 bits per heavy atom. The van der Waals surface area contributed by atoms with Gasteiger partial charge < -0.3 is 9.47 Å². The largest absolute Gasteiger partial charge is 0.463 e. The normalized spacial score (nSPS) is 10.6. The number of pyridine rings is 1. The van der Waals surface area contributed by atoms with Gasteiger partial charge in [-0.2, -0.15) is 0 Å². The number of rotatable bonds is 7. The molecule has 144 valence electrons. The summed E-state index contributed by atoms with van der Waals surface area (Å²) in [6, 6.07) is 14.6. The summed E-state index contributed by atoms with van der Waals surface area (Å²) >= 11 is 0. The number of fused-ring (bicyclic) bond motifs is 1. The van der Waals surface area contributed by atoms with Crippen molar-refractivity contribution in [1.29, 1.82) is 0 Å². The number of para-hydroxylation sites is 1. The van der Waals surface area contributed by atoms with Crippen LogP contribution in [0.2, 0.25) is 0 Å². The van der Waals surface area contributed by atoms with E-state index >= 15 is 0 Å². The Kier molecular flexibility index (Phi) is 6.32. The van der Waals surface area contributed by atoms with Crippen molar-refractivity contribution in [3.63, 3.8) is 0 Å². The molecule has 6 heteroatoms. The molecule has 2 aromatic carbocycles. The summed E-state index contributed by atoms with van der Waals surface area (Å²) < 4.78 is 23.3. The number of esters is 2. The summed E-state index contributed by atoms with van der Waals surface area (Å²) in [4.78, 5) is 28.8. The molecule has 0 saturated carbocycles. The summed E-state index contributed by atoms with van der Waals surface area (Å²) in [5.41, 5.74) is 2.06. The van der Waals surface area contributed by atoms with Crippen LogP contribution in [0.1, 0.15) is 30.1 Å². The van der Waals surface area contributed by atoms with Crippen molar-refractivity contribution in [3.8, 4) is 11.3 Å². The highest BCUT2D eigenvalue weighted by molar-refractivity contribution is 6.05. The fourth-order valence-corrected chi connectivity index (χ4v) is 2.69. The smallest absolute Gasteiger partial charge is 0.344 e. The second-order valence-corrected chi connectivity index (χ2v) is 6.23. The van der Waals surface area contributed by atoms with Crippen LogP contribution in [0.15, 0.2) is 54.6 Å². The van der Waals surface area contributed by atoms with Crippen molar-refractivity contribution in [2.24, 2.45) is 0 Å². The predicted molar refractivity (Wildman–Crippen MR) is 103 cm³/mol. The van der Waals surface area contributed by atoms with E-state index in [1.165, 1.54) is 12.1 Å². The zero-order valence-electron chi connectivity index (χ0n) is 15.5. The number of halogens is 1. The standard InChI is InChI=1S/C22H20FNO4/c1-2-3-12-27-21(25)14-28-22(26)18-13-20(15-8-10-16(23)11-9-15)24-19-7-5-4-6-17(18)19/h4-11,13H,2-3,12,14H2,1H3. The van der Waals surface area contributed by atoms with E-state index in [-0.39, 0.29) is 11.4 Å². The number of benzene rings is 2. The zero-order valence-corrected chi connectivity index (χ0v) is 15.5. The fraction of sp³-hybridized carbons (Fsp3) is 0.227. The van der Waals surface area contributed by atoms with Gasteiger partial charge in [0.15, 0.2) is 6.61 Å². The van der Waals surface area contributed by atoms with E-state index in [9.17, 15) is 14.0 Å². The van der Waals surface area contributed by atoms with Gasteiger partial charge in [0.05, 0.1) is 23.4 Å². The molecule has 1 heterocycles. The lowest BCUT2D eigenvalue weighted by Crippen LogP contribution is -2.17. The molecule has 0 amide bonds. The Hall–Kier alpha value is -3.28. The van der Waals surface area contributed by atoms with Crippen molar-refractivity contribution < 1.29 is 23.5 Å². The maximum atomic E-state index is 13.2. The van der Waals surface area contributed by atoms with Gasteiger partial charge >= 0.3 is 11.9 Å². The third-order valence-corrected chi connectivity index (χ3v) is 4.16. The van der Waals surface area contributed by atoms with Gasteiger partial charge in [-0.25, -0.2) is 19.0 Å². The summed E-state index contributed by atoms with van der Waals surface area (Å²) in [7, 11) is 0. The molecular weight excluding hydrogens is 361 g/mol. The van der Waals surface area contributed by atoms with E-state index in [0.717, 1.165) is 12.8 Å². The van der Waals surface area contributed by atoms with E-state index in [1.807, 2.05) is 13.0 Å². The summed E-state index contributed by atoms with van der Waals surface area (Å²) in [6.45, 7) is 1.84. The molecule has 0 saturated heterocycles. The highest BCUT2D eigenvalue weighted by Gasteiger charge is 2.17. The molecule has 0 bridgehead atoms. The first-order valence-electron chi connectivity index (χ1n) is 9.07. The molecule has 0 unspecified atom stereocenters. The number of aromatic nitrogens is 1. The number of hydrogen-bond acceptors (Lipinski definition) is 5. The van der Waals surface area contributed by atoms with Crippen LogP contribution in [0.3, 0.4) is 0 Å². The minimum Gasteiger partial charge on any atom is -0.463 e. The SMILES string of the molecule is CCCCOC(=O)COC(=O)c1cc(-c2ccc(F)cc2)nc2ccccc12. The van der Waals surface area contributed by atoms with Crippen molar-refractivity contribution in [3.05, 3.63) is 66.0 Å². The topological polar surface area (TPSA) is 65.5 Å². The van der Waals surface area contributed by atoms with Gasteiger partial charge in [0, 0.05) is 10.9 Å². The molecule has 0 aliphatic heterocycles. The number of nitrogens with zero attached hydrogens (tertiary/aromatic N) is 1. The summed E-state index contributed by atoms with van der Waals surface area (Å²) in [5, 5.41) is 0.609. The summed E-state index contributed by atoms with van der Waals surface area (Å²) in [6.07, 6.45) is 1.66. The molecule has 0 aliphatic carbocycles. The molecule has 0 aliphatic rings. The van der Waals surface area contributed by atoms with Crippen molar-refractivity contribution >= 4 is 22.8 Å².